The van der Waals surface area contributed by atoms with Gasteiger partial charge in [-0.05, 0) is 32.6 Å². The van der Waals surface area contributed by atoms with Gasteiger partial charge in [0.2, 0.25) is 11.8 Å². The Morgan fingerprint density at radius 3 is 2.84 bits per heavy atom. The number of hydrogen-bond acceptors (Lipinski definition) is 3. The molecule has 1 saturated heterocycles. The van der Waals surface area contributed by atoms with Crippen LogP contribution >= 0.6 is 0 Å². The first-order valence-electron chi connectivity index (χ1n) is 7.28. The molecule has 0 aromatic rings. The van der Waals surface area contributed by atoms with Crippen LogP contribution in [0.15, 0.2) is 0 Å². The third kappa shape index (κ3) is 5.59. The van der Waals surface area contributed by atoms with Gasteiger partial charge in [-0.3, -0.25) is 9.59 Å². The standard InChI is InChI=1S/C14H26N2O3/c1-3-5-13(18)16-9-4-6-12(10-16)14(19)15-8-7-11(2)17/h11-12,17H,3-10H2,1-2H3,(H,15,19)/t11-,12+/m0/s1. The maximum absolute atomic E-state index is 12.0. The van der Waals surface area contributed by atoms with Crippen molar-refractivity contribution < 1.29 is 14.7 Å². The minimum Gasteiger partial charge on any atom is -0.393 e. The van der Waals surface area contributed by atoms with Crippen LogP contribution in [0.4, 0.5) is 0 Å². The summed E-state index contributed by atoms with van der Waals surface area (Å²) in [4.78, 5) is 25.6. The molecule has 0 aromatic heterocycles. The number of nitrogens with one attached hydrogen (secondary N) is 1. The van der Waals surface area contributed by atoms with E-state index < -0.39 is 6.10 Å². The first-order chi connectivity index (χ1) is 9.04. The summed E-state index contributed by atoms with van der Waals surface area (Å²) in [5.41, 5.74) is 0. The van der Waals surface area contributed by atoms with Crippen LogP contribution in [0.5, 0.6) is 0 Å². The SMILES string of the molecule is CCCC(=O)N1CCC[C@@H](C(=O)NCC[C@H](C)O)C1. The third-order valence-corrected chi connectivity index (χ3v) is 3.47. The van der Waals surface area contributed by atoms with Crippen LogP contribution in [-0.2, 0) is 9.59 Å². The van der Waals surface area contributed by atoms with E-state index in [-0.39, 0.29) is 17.7 Å². The number of likely N-dealkylation sites (tertiary alicyclic amines) is 1. The van der Waals surface area contributed by atoms with E-state index in [1.165, 1.54) is 0 Å². The molecule has 1 heterocycles. The summed E-state index contributed by atoms with van der Waals surface area (Å²) in [6.45, 7) is 5.51. The van der Waals surface area contributed by atoms with Crippen molar-refractivity contribution in [3.8, 4) is 0 Å². The smallest absolute Gasteiger partial charge is 0.224 e. The van der Waals surface area contributed by atoms with Gasteiger partial charge in [0.15, 0.2) is 0 Å². The zero-order chi connectivity index (χ0) is 14.3. The lowest BCUT2D eigenvalue weighted by Gasteiger charge is -2.32. The van der Waals surface area contributed by atoms with Gasteiger partial charge in [0.25, 0.3) is 0 Å². The molecule has 110 valence electrons. The molecule has 5 heteroatoms. The van der Waals surface area contributed by atoms with Crippen LogP contribution in [0.3, 0.4) is 0 Å². The number of aliphatic hydroxyl groups excluding tert-OH is 1. The van der Waals surface area contributed by atoms with Crippen molar-refractivity contribution in [1.82, 2.24) is 10.2 Å². The summed E-state index contributed by atoms with van der Waals surface area (Å²) in [6.07, 6.45) is 3.32. The molecule has 2 atom stereocenters. The maximum Gasteiger partial charge on any atom is 0.224 e. The molecule has 0 unspecified atom stereocenters. The average Bonchev–Trinajstić information content (AvgIpc) is 2.38. The Morgan fingerprint density at radius 1 is 1.47 bits per heavy atom. The minimum absolute atomic E-state index is 0.00893. The highest BCUT2D eigenvalue weighted by Gasteiger charge is 2.27. The third-order valence-electron chi connectivity index (χ3n) is 3.47. The Hall–Kier alpha value is -1.10. The molecule has 2 N–H and O–H groups in total. The minimum atomic E-state index is -0.394. The quantitative estimate of drug-likeness (QED) is 0.754. The largest absolute Gasteiger partial charge is 0.393 e. The van der Waals surface area contributed by atoms with Crippen LogP contribution in [0, 0.1) is 5.92 Å². The Kier molecular flexibility index (Phi) is 6.84. The van der Waals surface area contributed by atoms with Gasteiger partial charge in [-0.1, -0.05) is 6.92 Å². The summed E-state index contributed by atoms with van der Waals surface area (Å²) < 4.78 is 0. The van der Waals surface area contributed by atoms with Gasteiger partial charge in [0, 0.05) is 26.1 Å². The molecule has 0 aromatic carbocycles. The van der Waals surface area contributed by atoms with E-state index in [2.05, 4.69) is 5.32 Å². The van der Waals surface area contributed by atoms with Crippen LogP contribution < -0.4 is 5.32 Å². The number of nitrogens with zero attached hydrogens (tertiary/aromatic N) is 1. The van der Waals surface area contributed by atoms with Crippen LogP contribution in [0.25, 0.3) is 0 Å². The number of piperidine rings is 1. The second-order valence-electron chi connectivity index (χ2n) is 5.36. The second-order valence-corrected chi connectivity index (χ2v) is 5.36. The summed E-state index contributed by atoms with van der Waals surface area (Å²) in [5.74, 6) is 0.0715. The highest BCUT2D eigenvalue weighted by atomic mass is 16.3. The van der Waals surface area contributed by atoms with E-state index >= 15 is 0 Å². The monoisotopic (exact) mass is 270 g/mol. The molecule has 1 rings (SSSR count). The number of amides is 2. The topological polar surface area (TPSA) is 69.6 Å². The predicted molar refractivity (Wildman–Crippen MR) is 73.5 cm³/mol. The first-order valence-corrected chi connectivity index (χ1v) is 7.28. The molecule has 0 bridgehead atoms. The lowest BCUT2D eigenvalue weighted by atomic mass is 9.96. The summed E-state index contributed by atoms with van der Waals surface area (Å²) in [6, 6.07) is 0. The van der Waals surface area contributed by atoms with Gasteiger partial charge < -0.3 is 15.3 Å². The maximum atomic E-state index is 12.0. The van der Waals surface area contributed by atoms with Crippen LogP contribution in [0.2, 0.25) is 0 Å². The van der Waals surface area contributed by atoms with E-state index in [4.69, 9.17) is 5.11 Å². The van der Waals surface area contributed by atoms with Crippen molar-refractivity contribution in [2.45, 2.75) is 52.1 Å². The normalized spacial score (nSPS) is 21.0. The Morgan fingerprint density at radius 2 is 2.21 bits per heavy atom. The van der Waals surface area contributed by atoms with Crippen LogP contribution in [-0.4, -0.2) is 47.6 Å². The summed E-state index contributed by atoms with van der Waals surface area (Å²) in [5, 5.41) is 12.0. The van der Waals surface area contributed by atoms with Gasteiger partial charge >= 0.3 is 0 Å². The Labute approximate surface area is 115 Å². The molecule has 1 aliphatic rings. The summed E-state index contributed by atoms with van der Waals surface area (Å²) in [7, 11) is 0. The highest BCUT2D eigenvalue weighted by molar-refractivity contribution is 5.81. The van der Waals surface area contributed by atoms with Crippen molar-refractivity contribution in [1.29, 1.82) is 0 Å². The molecule has 2 amide bonds. The number of aliphatic hydroxyl groups is 1. The van der Waals surface area contributed by atoms with Crippen molar-refractivity contribution >= 4 is 11.8 Å². The predicted octanol–water partition coefficient (Wildman–Crippen LogP) is 0.912. The van der Waals surface area contributed by atoms with E-state index in [0.29, 0.717) is 25.9 Å². The lowest BCUT2D eigenvalue weighted by molar-refractivity contribution is -0.135. The van der Waals surface area contributed by atoms with Gasteiger partial charge in [0.05, 0.1) is 12.0 Å². The molecule has 0 aliphatic carbocycles. The van der Waals surface area contributed by atoms with Crippen molar-refractivity contribution in [3.63, 3.8) is 0 Å². The zero-order valence-corrected chi connectivity index (χ0v) is 12.0. The molecular weight excluding hydrogens is 244 g/mol. The number of hydrogen-bond donors (Lipinski definition) is 2. The molecular formula is C14H26N2O3. The Balaban J connectivity index is 2.37. The molecule has 0 spiro atoms. The number of carbonyl (C=O) groups is 2. The first kappa shape index (κ1) is 16.0. The fourth-order valence-electron chi connectivity index (χ4n) is 2.34. The molecule has 19 heavy (non-hydrogen) atoms. The van der Waals surface area contributed by atoms with E-state index in [1.807, 2.05) is 11.8 Å². The molecule has 1 aliphatic heterocycles. The summed E-state index contributed by atoms with van der Waals surface area (Å²) >= 11 is 0. The molecule has 1 fully saturated rings. The van der Waals surface area contributed by atoms with Gasteiger partial charge in [-0.25, -0.2) is 0 Å². The zero-order valence-electron chi connectivity index (χ0n) is 12.0. The number of carbonyl (C=O) groups excluding carboxylic acids is 2. The molecule has 0 saturated carbocycles. The van der Waals surface area contributed by atoms with Crippen molar-refractivity contribution in [3.05, 3.63) is 0 Å². The Bertz CT molecular complexity index is 305. The van der Waals surface area contributed by atoms with Gasteiger partial charge in [-0.2, -0.15) is 0 Å². The van der Waals surface area contributed by atoms with Crippen molar-refractivity contribution in [2.24, 2.45) is 5.92 Å². The van der Waals surface area contributed by atoms with Gasteiger partial charge in [-0.15, -0.1) is 0 Å². The van der Waals surface area contributed by atoms with E-state index in [0.717, 1.165) is 25.8 Å². The molecule has 5 nitrogen and oxygen atoms in total. The van der Waals surface area contributed by atoms with E-state index in [1.54, 1.807) is 6.92 Å². The second kappa shape index (κ2) is 8.15. The van der Waals surface area contributed by atoms with Crippen molar-refractivity contribution in [2.75, 3.05) is 19.6 Å². The molecule has 0 radical (unpaired) electrons. The average molecular weight is 270 g/mol. The van der Waals surface area contributed by atoms with Crippen LogP contribution in [0.1, 0.15) is 46.0 Å². The highest BCUT2D eigenvalue weighted by Crippen LogP contribution is 2.17. The van der Waals surface area contributed by atoms with Gasteiger partial charge in [0.1, 0.15) is 0 Å². The lowest BCUT2D eigenvalue weighted by Crippen LogP contribution is -2.45. The fourth-order valence-corrected chi connectivity index (χ4v) is 2.34. The fraction of sp³-hybridized carbons (Fsp3) is 0.857. The number of rotatable bonds is 6. The van der Waals surface area contributed by atoms with E-state index in [9.17, 15) is 9.59 Å².